The Hall–Kier alpha value is -3.39. The molecule has 2 aromatic heterocycles. The Morgan fingerprint density at radius 2 is 2.00 bits per heavy atom. The van der Waals surface area contributed by atoms with E-state index in [2.05, 4.69) is 10.4 Å². The molecule has 3 rings (SSSR count). The second-order valence-electron chi connectivity index (χ2n) is 7.19. The van der Waals surface area contributed by atoms with Crippen molar-refractivity contribution in [2.24, 2.45) is 0 Å². The summed E-state index contributed by atoms with van der Waals surface area (Å²) in [5, 5.41) is 0.388. The molecule has 1 aromatic carbocycles. The van der Waals surface area contributed by atoms with Crippen molar-refractivity contribution in [2.75, 3.05) is 23.1 Å². The summed E-state index contributed by atoms with van der Waals surface area (Å²) in [5.74, 6) is -0.312. The molecule has 0 atom stereocenters. The lowest BCUT2D eigenvalue weighted by Crippen LogP contribution is -2.35. The first kappa shape index (κ1) is 22.3. The molecule has 0 saturated heterocycles. The number of carbonyl (C=O) groups excluding carboxylic acids is 1. The maximum absolute atomic E-state index is 13.5. The number of likely N-dealkylation sites (N-methyl/N-ethyl adjacent to an activating group) is 1. The molecule has 162 valence electrons. The molecule has 7 nitrogen and oxygen atoms in total. The van der Waals surface area contributed by atoms with E-state index in [9.17, 15) is 14.0 Å². The van der Waals surface area contributed by atoms with Gasteiger partial charge in [0.1, 0.15) is 11.6 Å². The van der Waals surface area contributed by atoms with Gasteiger partial charge in [0.15, 0.2) is 0 Å². The molecule has 9 heteroatoms. The Morgan fingerprint density at radius 1 is 1.26 bits per heavy atom. The molecule has 0 fully saturated rings. The average molecular weight is 444 g/mol. The highest BCUT2D eigenvalue weighted by Crippen LogP contribution is 2.20. The Kier molecular flexibility index (Phi) is 6.60. The maximum atomic E-state index is 13.5. The number of benzene rings is 1. The largest absolute Gasteiger partial charge is 0.384 e. The quantitative estimate of drug-likeness (QED) is 0.610. The number of aromatic nitrogens is 2. The Morgan fingerprint density at radius 3 is 2.71 bits per heavy atom. The monoisotopic (exact) mass is 443 g/mol. The van der Waals surface area contributed by atoms with Crippen molar-refractivity contribution >= 4 is 29.0 Å². The van der Waals surface area contributed by atoms with E-state index in [4.69, 9.17) is 17.3 Å². The summed E-state index contributed by atoms with van der Waals surface area (Å²) in [6, 6.07) is 9.10. The van der Waals surface area contributed by atoms with Crippen LogP contribution in [-0.2, 0) is 17.8 Å². The minimum absolute atomic E-state index is 0.0891. The molecule has 1 amide bonds. The molecule has 0 unspecified atom stereocenters. The van der Waals surface area contributed by atoms with Crippen LogP contribution >= 0.6 is 11.6 Å². The van der Waals surface area contributed by atoms with E-state index in [1.807, 2.05) is 0 Å². The van der Waals surface area contributed by atoms with Gasteiger partial charge >= 0.3 is 0 Å². The molecule has 0 aliphatic carbocycles. The van der Waals surface area contributed by atoms with Crippen molar-refractivity contribution in [3.05, 3.63) is 86.2 Å². The first-order valence-electron chi connectivity index (χ1n) is 9.56. The zero-order valence-corrected chi connectivity index (χ0v) is 18.2. The number of nitrogen functional groups attached to an aromatic ring is 1. The van der Waals surface area contributed by atoms with Crippen LogP contribution in [0.4, 0.5) is 15.9 Å². The summed E-state index contributed by atoms with van der Waals surface area (Å²) < 4.78 is 14.7. The van der Waals surface area contributed by atoms with Crippen LogP contribution in [0.1, 0.15) is 22.4 Å². The molecule has 0 bridgehead atoms. The minimum Gasteiger partial charge on any atom is -0.384 e. The van der Waals surface area contributed by atoms with Gasteiger partial charge in [-0.1, -0.05) is 11.6 Å². The number of anilines is 2. The fraction of sp³-hybridized carbons (Fsp3) is 0.227. The zero-order chi connectivity index (χ0) is 22.7. The highest BCUT2D eigenvalue weighted by Gasteiger charge is 2.18. The third-order valence-corrected chi connectivity index (χ3v) is 5.39. The van der Waals surface area contributed by atoms with Crippen molar-refractivity contribution in [2.45, 2.75) is 26.8 Å². The van der Waals surface area contributed by atoms with Gasteiger partial charge in [-0.05, 0) is 61.4 Å². The number of amides is 1. The number of aryl methyl sites for hydroxylation is 2. The Labute approximate surface area is 184 Å². The third-order valence-electron chi connectivity index (χ3n) is 5.02. The second-order valence-corrected chi connectivity index (χ2v) is 7.60. The van der Waals surface area contributed by atoms with Gasteiger partial charge < -0.3 is 16.1 Å². The fourth-order valence-corrected chi connectivity index (χ4v) is 3.37. The maximum Gasteiger partial charge on any atom is 0.272 e. The molecule has 0 radical (unpaired) electrons. The number of hydrogen-bond donors (Lipinski definition) is 2. The normalized spacial score (nSPS) is 10.7. The lowest BCUT2D eigenvalue weighted by molar-refractivity contribution is -0.117. The molecule has 0 saturated carbocycles. The van der Waals surface area contributed by atoms with Crippen LogP contribution in [0, 0.1) is 19.7 Å². The molecule has 2 heterocycles. The molecule has 3 N–H and O–H groups in total. The number of nitrogens with zero attached hydrogens (tertiary/aromatic N) is 3. The summed E-state index contributed by atoms with van der Waals surface area (Å²) >= 11 is 6.09. The van der Waals surface area contributed by atoms with E-state index in [1.54, 1.807) is 45.3 Å². The molecule has 0 aliphatic heterocycles. The summed E-state index contributed by atoms with van der Waals surface area (Å²) in [5.41, 5.74) is 11.0. The lowest BCUT2D eigenvalue weighted by Gasteiger charge is -2.20. The number of pyridine rings is 2. The molecular formula is C22H23ClFN5O2. The summed E-state index contributed by atoms with van der Waals surface area (Å²) in [4.78, 5) is 31.5. The van der Waals surface area contributed by atoms with Gasteiger partial charge in [0.25, 0.3) is 5.56 Å². The number of nitrogens with one attached hydrogen (secondary N) is 1. The SMILES string of the molecule is Cc1ccn(NCc2cc(F)ccc2Cl)c(=O)c1CC(=O)N(C)c1ccc(N)nc1C. The molecule has 31 heavy (non-hydrogen) atoms. The van der Waals surface area contributed by atoms with Gasteiger partial charge in [0, 0.05) is 23.8 Å². The van der Waals surface area contributed by atoms with E-state index < -0.39 is 5.82 Å². The predicted octanol–water partition coefficient (Wildman–Crippen LogP) is 3.18. The van der Waals surface area contributed by atoms with E-state index in [1.165, 1.54) is 27.8 Å². The van der Waals surface area contributed by atoms with Gasteiger partial charge in [-0.15, -0.1) is 0 Å². The summed E-state index contributed by atoms with van der Waals surface area (Å²) in [7, 11) is 1.63. The number of rotatable bonds is 6. The molecule has 3 aromatic rings. The van der Waals surface area contributed by atoms with E-state index in [-0.39, 0.29) is 24.4 Å². The summed E-state index contributed by atoms with van der Waals surface area (Å²) in [6.07, 6.45) is 1.48. The van der Waals surface area contributed by atoms with Crippen LogP contribution in [0.3, 0.4) is 0 Å². The lowest BCUT2D eigenvalue weighted by atomic mass is 10.1. The highest BCUT2D eigenvalue weighted by molar-refractivity contribution is 6.31. The predicted molar refractivity (Wildman–Crippen MR) is 120 cm³/mol. The smallest absolute Gasteiger partial charge is 0.272 e. The molecule has 0 spiro atoms. The van der Waals surface area contributed by atoms with Gasteiger partial charge in [0.05, 0.1) is 24.3 Å². The van der Waals surface area contributed by atoms with Crippen molar-refractivity contribution in [3.8, 4) is 0 Å². The fourth-order valence-electron chi connectivity index (χ4n) is 3.19. The number of hydrogen-bond acceptors (Lipinski definition) is 5. The van der Waals surface area contributed by atoms with Crippen molar-refractivity contribution in [1.29, 1.82) is 0 Å². The van der Waals surface area contributed by atoms with Crippen LogP contribution in [0.5, 0.6) is 0 Å². The molecular weight excluding hydrogens is 421 g/mol. The van der Waals surface area contributed by atoms with Crippen LogP contribution in [-0.4, -0.2) is 22.6 Å². The molecule has 0 aliphatic rings. The Balaban J connectivity index is 1.81. The topological polar surface area (TPSA) is 93.2 Å². The van der Waals surface area contributed by atoms with E-state index in [0.29, 0.717) is 38.9 Å². The average Bonchev–Trinajstić information content (AvgIpc) is 2.72. The highest BCUT2D eigenvalue weighted by atomic mass is 35.5. The van der Waals surface area contributed by atoms with Crippen molar-refractivity contribution < 1.29 is 9.18 Å². The van der Waals surface area contributed by atoms with Gasteiger partial charge in [0.2, 0.25) is 5.91 Å². The van der Waals surface area contributed by atoms with Crippen LogP contribution in [0.25, 0.3) is 0 Å². The summed E-state index contributed by atoms with van der Waals surface area (Å²) in [6.45, 7) is 3.68. The first-order valence-corrected chi connectivity index (χ1v) is 9.93. The van der Waals surface area contributed by atoms with Gasteiger partial charge in [-0.3, -0.25) is 9.59 Å². The number of nitrogens with two attached hydrogens (primary N) is 1. The third kappa shape index (κ3) is 5.03. The number of carbonyl (C=O) groups is 1. The van der Waals surface area contributed by atoms with Crippen molar-refractivity contribution in [3.63, 3.8) is 0 Å². The minimum atomic E-state index is -0.417. The standard InChI is InChI=1S/C22H23ClFN5O2/c1-13-8-9-29(26-12-15-10-16(24)4-5-18(15)23)22(31)17(13)11-21(30)28(3)19-6-7-20(25)27-14(19)2/h4-10,26H,11-12H2,1-3H3,(H2,25,27). The van der Waals surface area contributed by atoms with Crippen molar-refractivity contribution in [1.82, 2.24) is 9.66 Å². The Bertz CT molecular complexity index is 1200. The van der Waals surface area contributed by atoms with E-state index in [0.717, 1.165) is 0 Å². The van der Waals surface area contributed by atoms with Crippen LogP contribution in [0.2, 0.25) is 5.02 Å². The second kappa shape index (κ2) is 9.18. The zero-order valence-electron chi connectivity index (χ0n) is 17.4. The first-order chi connectivity index (χ1) is 14.7. The van der Waals surface area contributed by atoms with Gasteiger partial charge in [-0.25, -0.2) is 14.1 Å². The number of halogens is 2. The van der Waals surface area contributed by atoms with Gasteiger partial charge in [-0.2, -0.15) is 0 Å². The van der Waals surface area contributed by atoms with E-state index >= 15 is 0 Å². The van der Waals surface area contributed by atoms with Crippen LogP contribution in [0.15, 0.2) is 47.4 Å². The van der Waals surface area contributed by atoms with Crippen LogP contribution < -0.4 is 21.6 Å².